The molecule has 0 saturated heterocycles. The van der Waals surface area contributed by atoms with Gasteiger partial charge in [-0.2, -0.15) is 0 Å². The van der Waals surface area contributed by atoms with Crippen LogP contribution < -0.4 is 21.3 Å². The van der Waals surface area contributed by atoms with Gasteiger partial charge in [-0.25, -0.2) is 9.59 Å². The third-order valence-electron chi connectivity index (χ3n) is 8.51. The normalized spacial score (nSPS) is 16.7. The molecule has 2 aliphatic rings. The van der Waals surface area contributed by atoms with Crippen molar-refractivity contribution in [2.75, 3.05) is 20.2 Å². The number of carboxylic acids is 1. The molecule has 49 heavy (non-hydrogen) atoms. The molecule has 4 atom stereocenters. The number of rotatable bonds is 18. The number of nitrogens with zero attached hydrogens (tertiary/aromatic N) is 1. The Labute approximate surface area is 287 Å². The Balaban J connectivity index is 1.69. The van der Waals surface area contributed by atoms with E-state index < -0.39 is 77.6 Å². The van der Waals surface area contributed by atoms with Gasteiger partial charge < -0.3 is 36.0 Å². The van der Waals surface area contributed by atoms with Crippen LogP contribution in [0.15, 0.2) is 30.3 Å². The lowest BCUT2D eigenvalue weighted by molar-refractivity contribution is -0.145. The van der Waals surface area contributed by atoms with Crippen LogP contribution in [0.25, 0.3) is 0 Å². The van der Waals surface area contributed by atoms with Gasteiger partial charge in [0.1, 0.15) is 12.1 Å². The highest BCUT2D eigenvalue weighted by Gasteiger charge is 2.42. The Morgan fingerprint density at radius 1 is 0.898 bits per heavy atom. The Morgan fingerprint density at radius 3 is 2.02 bits per heavy atom. The topological polar surface area (TPSA) is 200 Å². The van der Waals surface area contributed by atoms with Gasteiger partial charge >= 0.3 is 12.1 Å². The fourth-order valence-electron chi connectivity index (χ4n) is 5.26. The van der Waals surface area contributed by atoms with Crippen molar-refractivity contribution in [1.29, 1.82) is 0 Å². The van der Waals surface area contributed by atoms with Gasteiger partial charge in [-0.3, -0.25) is 24.0 Å². The van der Waals surface area contributed by atoms with Crippen LogP contribution in [0.4, 0.5) is 4.79 Å². The molecule has 0 heterocycles. The number of ketones is 1. The fraction of sp³-hybridized carbons (Fsp3) is 0.629. The van der Waals surface area contributed by atoms with Crippen LogP contribution >= 0.6 is 0 Å². The second kappa shape index (κ2) is 17.3. The van der Waals surface area contributed by atoms with Crippen LogP contribution in [-0.4, -0.2) is 89.8 Å². The fourth-order valence-corrected chi connectivity index (χ4v) is 5.26. The van der Waals surface area contributed by atoms with Crippen molar-refractivity contribution < 1.29 is 43.4 Å². The highest BCUT2D eigenvalue weighted by molar-refractivity contribution is 6.38. The van der Waals surface area contributed by atoms with Gasteiger partial charge in [-0.1, -0.05) is 90.6 Å². The first-order valence-electron chi connectivity index (χ1n) is 16.9. The molecule has 5 amide bonds. The standard InChI is InChI=1S/C35H51N5O9/c1-20(2)19-49-34(48)39-29(35(3,4)5)32(45)40(6)25(17-22-14-15-22)30(43)37-24(16-21-12-13-21)28(42)31(44)36-18-26(41)38-27(33(46)47)23-10-8-7-9-11-23/h7-11,20-22,24-25,27,29H,12-19H2,1-6H3,(H,36,44)(H,37,43)(H,38,41)(H,39,48)(H,46,47)/t24?,25-,27?,29+/m0/s1. The van der Waals surface area contributed by atoms with Crippen molar-refractivity contribution in [3.63, 3.8) is 0 Å². The van der Waals surface area contributed by atoms with E-state index in [4.69, 9.17) is 4.74 Å². The summed E-state index contributed by atoms with van der Waals surface area (Å²) in [4.78, 5) is 92.1. The number of ether oxygens (including phenoxy) is 1. The lowest BCUT2D eigenvalue weighted by atomic mass is 9.85. The van der Waals surface area contributed by atoms with Gasteiger partial charge in [0, 0.05) is 7.05 Å². The first-order valence-corrected chi connectivity index (χ1v) is 16.9. The van der Waals surface area contributed by atoms with Gasteiger partial charge in [0.05, 0.1) is 19.2 Å². The van der Waals surface area contributed by atoms with Crippen molar-refractivity contribution in [1.82, 2.24) is 26.2 Å². The maximum atomic E-state index is 13.9. The molecular weight excluding hydrogens is 634 g/mol. The van der Waals surface area contributed by atoms with Crippen molar-refractivity contribution in [2.45, 2.75) is 97.3 Å². The smallest absolute Gasteiger partial charge is 0.407 e. The van der Waals surface area contributed by atoms with Gasteiger partial charge in [0.25, 0.3) is 5.91 Å². The Bertz CT molecular complexity index is 1370. The van der Waals surface area contributed by atoms with E-state index in [1.54, 1.807) is 39.0 Å². The number of hydrogen-bond acceptors (Lipinski definition) is 8. The number of hydrogen-bond donors (Lipinski definition) is 5. The van der Waals surface area contributed by atoms with E-state index in [2.05, 4.69) is 21.3 Å². The average Bonchev–Trinajstić information content (AvgIpc) is 3.98. The van der Waals surface area contributed by atoms with E-state index in [0.717, 1.165) is 25.7 Å². The molecule has 270 valence electrons. The zero-order chi connectivity index (χ0) is 36.5. The quantitative estimate of drug-likeness (QED) is 0.144. The lowest BCUT2D eigenvalue weighted by Crippen LogP contribution is -2.60. The molecule has 0 aliphatic heterocycles. The van der Waals surface area contributed by atoms with Crippen LogP contribution in [0.5, 0.6) is 0 Å². The predicted octanol–water partition coefficient (Wildman–Crippen LogP) is 2.32. The van der Waals surface area contributed by atoms with Crippen LogP contribution in [0.1, 0.15) is 84.7 Å². The van der Waals surface area contributed by atoms with Crippen molar-refractivity contribution in [3.8, 4) is 0 Å². The summed E-state index contributed by atoms with van der Waals surface area (Å²) in [5, 5.41) is 19.5. The largest absolute Gasteiger partial charge is 0.479 e. The summed E-state index contributed by atoms with van der Waals surface area (Å²) in [6, 6.07) is 3.47. The number of alkyl carbamates (subject to hydrolysis) is 1. The van der Waals surface area contributed by atoms with E-state index >= 15 is 0 Å². The average molecular weight is 686 g/mol. The first kappa shape index (κ1) is 39.0. The summed E-state index contributed by atoms with van der Waals surface area (Å²) in [5.41, 5.74) is -0.402. The SMILES string of the molecule is CC(C)COC(=O)N[C@H](C(=O)N(C)[C@@H](CC1CC1)C(=O)NC(CC1CC1)C(=O)C(=O)NCC(=O)NC(C(=O)O)c1ccccc1)C(C)(C)C. The Kier molecular flexibility index (Phi) is 13.7. The molecule has 14 nitrogen and oxygen atoms in total. The number of carbonyl (C=O) groups excluding carboxylic acids is 6. The molecule has 3 rings (SSSR count). The lowest BCUT2D eigenvalue weighted by Gasteiger charge is -2.36. The van der Waals surface area contributed by atoms with E-state index in [-0.39, 0.29) is 30.8 Å². The summed E-state index contributed by atoms with van der Waals surface area (Å²) in [6.07, 6.45) is 3.23. The minimum atomic E-state index is -1.36. The van der Waals surface area contributed by atoms with Gasteiger partial charge in [-0.05, 0) is 41.6 Å². The highest BCUT2D eigenvalue weighted by Crippen LogP contribution is 2.36. The van der Waals surface area contributed by atoms with Gasteiger partial charge in [0.15, 0.2) is 6.04 Å². The van der Waals surface area contributed by atoms with E-state index in [9.17, 15) is 38.7 Å². The summed E-state index contributed by atoms with van der Waals surface area (Å²) in [7, 11) is 1.48. The number of benzene rings is 1. The van der Waals surface area contributed by atoms with Crippen LogP contribution in [0.2, 0.25) is 0 Å². The first-order chi connectivity index (χ1) is 23.0. The van der Waals surface area contributed by atoms with E-state index in [0.29, 0.717) is 12.0 Å². The van der Waals surface area contributed by atoms with Crippen molar-refractivity contribution in [3.05, 3.63) is 35.9 Å². The van der Waals surface area contributed by atoms with Crippen molar-refractivity contribution in [2.24, 2.45) is 23.2 Å². The molecule has 0 aromatic heterocycles. The highest BCUT2D eigenvalue weighted by atomic mass is 16.5. The maximum Gasteiger partial charge on any atom is 0.407 e. The number of likely N-dealkylation sites (N-methyl/N-ethyl adjacent to an activating group) is 1. The molecular formula is C35H51N5O9. The maximum absolute atomic E-state index is 13.9. The molecule has 14 heteroatoms. The van der Waals surface area contributed by atoms with Gasteiger partial charge in [0.2, 0.25) is 23.5 Å². The third kappa shape index (κ3) is 12.5. The second-order valence-electron chi connectivity index (χ2n) is 14.6. The van der Waals surface area contributed by atoms with Gasteiger partial charge in [-0.15, -0.1) is 0 Å². The summed E-state index contributed by atoms with van der Waals surface area (Å²) in [5.74, 6) is -4.85. The van der Waals surface area contributed by atoms with Crippen molar-refractivity contribution >= 4 is 41.5 Å². The summed E-state index contributed by atoms with van der Waals surface area (Å²) < 4.78 is 5.24. The summed E-state index contributed by atoms with van der Waals surface area (Å²) in [6.45, 7) is 8.65. The number of Topliss-reactive ketones (excluding diaryl/α,β-unsaturated/α-hetero) is 1. The molecule has 5 N–H and O–H groups in total. The molecule has 0 spiro atoms. The molecule has 2 unspecified atom stereocenters. The molecule has 2 saturated carbocycles. The molecule has 2 aliphatic carbocycles. The van der Waals surface area contributed by atoms with Crippen LogP contribution in [-0.2, 0) is 33.5 Å². The predicted molar refractivity (Wildman–Crippen MR) is 179 cm³/mol. The zero-order valence-corrected chi connectivity index (χ0v) is 29.2. The van der Waals surface area contributed by atoms with Crippen LogP contribution in [0.3, 0.4) is 0 Å². The number of carboxylic acid groups (broad SMARTS) is 1. The molecule has 0 radical (unpaired) electrons. The number of aliphatic carboxylic acids is 1. The molecule has 0 bridgehead atoms. The summed E-state index contributed by atoms with van der Waals surface area (Å²) >= 11 is 0. The molecule has 1 aromatic carbocycles. The van der Waals surface area contributed by atoms with E-state index in [1.807, 2.05) is 13.8 Å². The monoisotopic (exact) mass is 685 g/mol. The number of amides is 5. The number of carbonyl (C=O) groups is 7. The third-order valence-corrected chi connectivity index (χ3v) is 8.51. The Hall–Kier alpha value is -4.49. The molecule has 1 aromatic rings. The second-order valence-corrected chi connectivity index (χ2v) is 14.6. The van der Waals surface area contributed by atoms with E-state index in [1.165, 1.54) is 24.1 Å². The minimum Gasteiger partial charge on any atom is -0.479 e. The minimum absolute atomic E-state index is 0.0956. The Morgan fingerprint density at radius 2 is 1.49 bits per heavy atom. The molecule has 2 fully saturated rings. The number of nitrogens with one attached hydrogen (secondary N) is 4. The van der Waals surface area contributed by atoms with Crippen LogP contribution in [0, 0.1) is 23.2 Å². The zero-order valence-electron chi connectivity index (χ0n) is 29.2.